The van der Waals surface area contributed by atoms with E-state index in [1.165, 1.54) is 0 Å². The Kier molecular flexibility index (Phi) is 5.80. The molecule has 1 aliphatic heterocycles. The maximum absolute atomic E-state index is 12.0. The van der Waals surface area contributed by atoms with Gasteiger partial charge in [-0.3, -0.25) is 9.59 Å². The van der Waals surface area contributed by atoms with E-state index in [0.29, 0.717) is 17.9 Å². The molecular formula is C19H21N3O3S. The molecule has 6 nitrogen and oxygen atoms in total. The Bertz CT molecular complexity index is 808. The summed E-state index contributed by atoms with van der Waals surface area (Å²) in [5.74, 6) is 0.360. The molecule has 3 rings (SSSR count). The molecule has 1 heterocycles. The van der Waals surface area contributed by atoms with Crippen molar-refractivity contribution >= 4 is 35.0 Å². The molecule has 7 heteroatoms. The Morgan fingerprint density at radius 1 is 1.27 bits per heavy atom. The van der Waals surface area contributed by atoms with Gasteiger partial charge in [0.15, 0.2) is 6.61 Å². The van der Waals surface area contributed by atoms with E-state index in [4.69, 9.17) is 10.5 Å². The van der Waals surface area contributed by atoms with Gasteiger partial charge in [0.2, 0.25) is 5.91 Å². The van der Waals surface area contributed by atoms with Crippen molar-refractivity contribution in [3.63, 3.8) is 0 Å². The van der Waals surface area contributed by atoms with Gasteiger partial charge >= 0.3 is 0 Å². The number of nitrogens with two attached hydrogens (primary N) is 1. The predicted molar refractivity (Wildman–Crippen MR) is 103 cm³/mol. The summed E-state index contributed by atoms with van der Waals surface area (Å²) in [6.07, 6.45) is 1.54. The first-order chi connectivity index (χ1) is 12.5. The van der Waals surface area contributed by atoms with Gasteiger partial charge in [-0.05, 0) is 48.9 Å². The number of carbonyl (C=O) groups is 2. The first-order valence-electron chi connectivity index (χ1n) is 8.46. The summed E-state index contributed by atoms with van der Waals surface area (Å²) in [7, 11) is 0. The van der Waals surface area contributed by atoms with Crippen LogP contribution in [0.4, 0.5) is 11.4 Å². The Morgan fingerprint density at radius 2 is 2.00 bits per heavy atom. The van der Waals surface area contributed by atoms with Crippen LogP contribution >= 0.6 is 11.8 Å². The van der Waals surface area contributed by atoms with Gasteiger partial charge in [-0.2, -0.15) is 0 Å². The fraction of sp³-hybridized carbons (Fsp3) is 0.263. The summed E-state index contributed by atoms with van der Waals surface area (Å²) >= 11 is 1.57. The fourth-order valence-electron chi connectivity index (χ4n) is 2.54. The van der Waals surface area contributed by atoms with Crippen molar-refractivity contribution < 1.29 is 14.3 Å². The van der Waals surface area contributed by atoms with Gasteiger partial charge < -0.3 is 21.1 Å². The molecule has 26 heavy (non-hydrogen) atoms. The summed E-state index contributed by atoms with van der Waals surface area (Å²) in [4.78, 5) is 25.3. The number of carbonyl (C=O) groups excluding carboxylic acids is 2. The highest BCUT2D eigenvalue weighted by Crippen LogP contribution is 2.35. The molecule has 2 aromatic carbocycles. The van der Waals surface area contributed by atoms with Gasteiger partial charge in [0, 0.05) is 15.5 Å². The summed E-state index contributed by atoms with van der Waals surface area (Å²) in [5.41, 5.74) is 7.23. The monoisotopic (exact) mass is 371 g/mol. The minimum Gasteiger partial charge on any atom is -0.482 e. The van der Waals surface area contributed by atoms with Crippen LogP contribution in [-0.4, -0.2) is 24.5 Å². The van der Waals surface area contributed by atoms with E-state index >= 15 is 0 Å². The molecule has 136 valence electrons. The van der Waals surface area contributed by atoms with E-state index in [1.807, 2.05) is 49.4 Å². The van der Waals surface area contributed by atoms with Crippen molar-refractivity contribution in [3.8, 4) is 5.75 Å². The van der Waals surface area contributed by atoms with E-state index in [9.17, 15) is 9.59 Å². The third-order valence-corrected chi connectivity index (χ3v) is 4.88. The second-order valence-corrected chi connectivity index (χ2v) is 7.15. The Balaban J connectivity index is 1.63. The zero-order valence-electron chi connectivity index (χ0n) is 14.5. The highest BCUT2D eigenvalue weighted by molar-refractivity contribution is 7.99. The third kappa shape index (κ3) is 4.56. The van der Waals surface area contributed by atoms with Crippen molar-refractivity contribution in [2.45, 2.75) is 35.6 Å². The van der Waals surface area contributed by atoms with Gasteiger partial charge in [0.05, 0.1) is 11.7 Å². The zero-order chi connectivity index (χ0) is 18.5. The van der Waals surface area contributed by atoms with Crippen LogP contribution in [0.15, 0.2) is 52.3 Å². The number of fused-ring (bicyclic) bond motifs is 1. The molecular weight excluding hydrogens is 350 g/mol. The van der Waals surface area contributed by atoms with Crippen LogP contribution in [0, 0.1) is 0 Å². The van der Waals surface area contributed by atoms with Gasteiger partial charge in [-0.25, -0.2) is 0 Å². The lowest BCUT2D eigenvalue weighted by Crippen LogP contribution is -2.35. The summed E-state index contributed by atoms with van der Waals surface area (Å²) in [5, 5.41) is 5.60. The maximum Gasteiger partial charge on any atom is 0.262 e. The number of hydrogen-bond acceptors (Lipinski definition) is 5. The molecule has 0 aliphatic carbocycles. The molecule has 4 N–H and O–H groups in total. The number of anilines is 2. The molecule has 1 atom stereocenters. The lowest BCUT2D eigenvalue weighted by Gasteiger charge is -2.18. The van der Waals surface area contributed by atoms with Crippen molar-refractivity contribution in [2.24, 2.45) is 5.73 Å². The molecule has 0 radical (unpaired) electrons. The Hall–Kier alpha value is -2.51. The minimum absolute atomic E-state index is 0.0374. The van der Waals surface area contributed by atoms with E-state index in [-0.39, 0.29) is 18.4 Å². The molecule has 0 saturated heterocycles. The number of nitrogens with one attached hydrogen (secondary N) is 2. The summed E-state index contributed by atoms with van der Waals surface area (Å²) in [6, 6.07) is 12.8. The van der Waals surface area contributed by atoms with Crippen LogP contribution in [-0.2, 0) is 9.59 Å². The van der Waals surface area contributed by atoms with Crippen molar-refractivity contribution in [1.82, 2.24) is 0 Å². The van der Waals surface area contributed by atoms with Crippen molar-refractivity contribution in [1.29, 1.82) is 0 Å². The van der Waals surface area contributed by atoms with Crippen LogP contribution < -0.4 is 21.1 Å². The van der Waals surface area contributed by atoms with Crippen LogP contribution in [0.2, 0.25) is 0 Å². The standard InChI is InChI=1S/C19H21N3O3S/c1-2-3-15(20)19(24)21-12-4-6-13(7-5-12)26-14-8-9-16-17(10-14)25-11-18(23)22-16/h4-10,15H,2-3,11,20H2,1H3,(H,21,24)(H,22,23). The molecule has 0 fully saturated rings. The van der Waals surface area contributed by atoms with Crippen LogP contribution in [0.1, 0.15) is 19.8 Å². The van der Waals surface area contributed by atoms with Gasteiger partial charge in [0.1, 0.15) is 5.75 Å². The quantitative estimate of drug-likeness (QED) is 0.725. The number of amides is 2. The normalized spacial score (nSPS) is 14.0. The zero-order valence-corrected chi connectivity index (χ0v) is 15.3. The smallest absolute Gasteiger partial charge is 0.262 e. The van der Waals surface area contributed by atoms with Gasteiger partial charge in [-0.1, -0.05) is 25.1 Å². The van der Waals surface area contributed by atoms with Crippen LogP contribution in [0.5, 0.6) is 5.75 Å². The maximum atomic E-state index is 12.0. The highest BCUT2D eigenvalue weighted by atomic mass is 32.2. The molecule has 0 bridgehead atoms. The second-order valence-electron chi connectivity index (χ2n) is 6.01. The lowest BCUT2D eigenvalue weighted by molar-refractivity contribution is -0.119. The average molecular weight is 371 g/mol. The Labute approximate surface area is 156 Å². The van der Waals surface area contributed by atoms with Crippen LogP contribution in [0.25, 0.3) is 0 Å². The molecule has 2 amide bonds. The number of benzene rings is 2. The van der Waals surface area contributed by atoms with Gasteiger partial charge in [-0.15, -0.1) is 0 Å². The predicted octanol–water partition coefficient (Wildman–Crippen LogP) is 3.23. The Morgan fingerprint density at radius 3 is 2.73 bits per heavy atom. The molecule has 0 saturated carbocycles. The SMILES string of the molecule is CCCC(N)C(=O)Nc1ccc(Sc2ccc3c(c2)OCC(=O)N3)cc1. The number of ether oxygens (including phenoxy) is 1. The number of rotatable bonds is 6. The molecule has 0 aromatic heterocycles. The average Bonchev–Trinajstić information content (AvgIpc) is 2.63. The summed E-state index contributed by atoms with van der Waals surface area (Å²) in [6.45, 7) is 2.04. The lowest BCUT2D eigenvalue weighted by atomic mass is 10.1. The van der Waals surface area contributed by atoms with E-state index in [2.05, 4.69) is 10.6 Å². The molecule has 0 spiro atoms. The summed E-state index contributed by atoms with van der Waals surface area (Å²) < 4.78 is 5.43. The van der Waals surface area contributed by atoms with E-state index in [1.54, 1.807) is 11.8 Å². The van der Waals surface area contributed by atoms with Gasteiger partial charge in [0.25, 0.3) is 5.91 Å². The van der Waals surface area contributed by atoms with E-state index in [0.717, 1.165) is 21.9 Å². The van der Waals surface area contributed by atoms with Crippen LogP contribution in [0.3, 0.4) is 0 Å². The minimum atomic E-state index is -0.481. The first-order valence-corrected chi connectivity index (χ1v) is 9.28. The van der Waals surface area contributed by atoms with Crippen molar-refractivity contribution in [3.05, 3.63) is 42.5 Å². The molecule has 1 aliphatic rings. The molecule has 1 unspecified atom stereocenters. The third-order valence-electron chi connectivity index (χ3n) is 3.88. The molecule has 2 aromatic rings. The topological polar surface area (TPSA) is 93.5 Å². The second kappa shape index (κ2) is 8.25. The first kappa shape index (κ1) is 18.3. The van der Waals surface area contributed by atoms with Crippen molar-refractivity contribution in [2.75, 3.05) is 17.2 Å². The number of hydrogen-bond donors (Lipinski definition) is 3. The highest BCUT2D eigenvalue weighted by Gasteiger charge is 2.16. The largest absolute Gasteiger partial charge is 0.482 e. The fourth-order valence-corrected chi connectivity index (χ4v) is 3.38. The van der Waals surface area contributed by atoms with E-state index < -0.39 is 6.04 Å².